The van der Waals surface area contributed by atoms with Crippen molar-refractivity contribution in [1.82, 2.24) is 10.2 Å². The Morgan fingerprint density at radius 1 is 1.12 bits per heavy atom. The summed E-state index contributed by atoms with van der Waals surface area (Å²) in [5.41, 5.74) is 3.54. The van der Waals surface area contributed by atoms with Gasteiger partial charge in [0.1, 0.15) is 5.75 Å². The zero-order valence-corrected chi connectivity index (χ0v) is 14.5. The van der Waals surface area contributed by atoms with Crippen molar-refractivity contribution in [2.24, 2.45) is 0 Å². The first-order valence-corrected chi connectivity index (χ1v) is 8.57. The molecule has 1 aliphatic heterocycles. The smallest absolute Gasteiger partial charge is 0.255 e. The molecule has 0 saturated carbocycles. The number of ether oxygens (including phenoxy) is 1. The van der Waals surface area contributed by atoms with Gasteiger partial charge in [-0.3, -0.25) is 9.69 Å². The summed E-state index contributed by atoms with van der Waals surface area (Å²) in [6, 6.07) is 13.3. The maximum absolute atomic E-state index is 12.2. The Kier molecular flexibility index (Phi) is 5.68. The number of nitrogens with zero attached hydrogens (tertiary/aromatic N) is 1. The largest absolute Gasteiger partial charge is 0.507 e. The van der Waals surface area contributed by atoms with Gasteiger partial charge in [-0.25, -0.2) is 0 Å². The summed E-state index contributed by atoms with van der Waals surface area (Å²) in [6.07, 6.45) is 0. The van der Waals surface area contributed by atoms with E-state index in [1.54, 1.807) is 18.2 Å². The molecule has 1 heterocycles. The van der Waals surface area contributed by atoms with E-state index in [1.165, 1.54) is 5.56 Å². The lowest BCUT2D eigenvalue weighted by Crippen LogP contribution is -2.35. The third kappa shape index (κ3) is 4.81. The molecule has 0 atom stereocenters. The van der Waals surface area contributed by atoms with Crippen molar-refractivity contribution in [2.45, 2.75) is 20.0 Å². The van der Waals surface area contributed by atoms with E-state index in [0.29, 0.717) is 12.1 Å². The van der Waals surface area contributed by atoms with Crippen LogP contribution in [0, 0.1) is 6.92 Å². The number of benzene rings is 2. The fourth-order valence-electron chi connectivity index (χ4n) is 2.89. The molecule has 5 heteroatoms. The minimum absolute atomic E-state index is 0.00367. The highest BCUT2D eigenvalue weighted by Crippen LogP contribution is 2.18. The van der Waals surface area contributed by atoms with Gasteiger partial charge >= 0.3 is 0 Å². The molecular formula is C20H24N2O3. The van der Waals surface area contributed by atoms with Gasteiger partial charge in [-0.05, 0) is 30.2 Å². The zero-order chi connectivity index (χ0) is 17.6. The third-order valence-corrected chi connectivity index (χ3v) is 4.38. The highest BCUT2D eigenvalue weighted by atomic mass is 16.5. The van der Waals surface area contributed by atoms with Crippen LogP contribution in [0.15, 0.2) is 42.5 Å². The van der Waals surface area contributed by atoms with E-state index < -0.39 is 0 Å². The average Bonchev–Trinajstić information content (AvgIpc) is 2.64. The van der Waals surface area contributed by atoms with Crippen LogP contribution in [-0.4, -0.2) is 42.2 Å². The van der Waals surface area contributed by atoms with Crippen LogP contribution in [0.1, 0.15) is 27.0 Å². The Morgan fingerprint density at radius 3 is 2.52 bits per heavy atom. The molecule has 5 nitrogen and oxygen atoms in total. The number of nitrogens with one attached hydrogen (secondary N) is 1. The number of aryl methyl sites for hydroxylation is 1. The maximum atomic E-state index is 12.2. The van der Waals surface area contributed by atoms with Gasteiger partial charge in [0.05, 0.1) is 18.8 Å². The van der Waals surface area contributed by atoms with Gasteiger partial charge in [0.15, 0.2) is 0 Å². The number of carbonyl (C=O) groups is 1. The van der Waals surface area contributed by atoms with E-state index in [2.05, 4.69) is 22.3 Å². The summed E-state index contributed by atoms with van der Waals surface area (Å²) < 4.78 is 5.36. The molecule has 132 valence electrons. The summed E-state index contributed by atoms with van der Waals surface area (Å²) in [5.74, 6) is -0.262. The first-order chi connectivity index (χ1) is 12.1. The standard InChI is InChI=1S/C20H24N2O3/c1-15-2-7-19(23)18(12-15)20(24)21-13-16-3-5-17(6-4-16)14-22-8-10-25-11-9-22/h2-7,12,23H,8-11,13-14H2,1H3,(H,21,24). The molecule has 1 aliphatic rings. The fourth-order valence-corrected chi connectivity index (χ4v) is 2.89. The number of hydrogen-bond donors (Lipinski definition) is 2. The molecule has 0 spiro atoms. The number of phenolic OH excluding ortho intramolecular Hbond substituents is 1. The van der Waals surface area contributed by atoms with Crippen LogP contribution in [0.25, 0.3) is 0 Å². The van der Waals surface area contributed by atoms with Gasteiger partial charge in [0.25, 0.3) is 5.91 Å². The van der Waals surface area contributed by atoms with Crippen LogP contribution in [-0.2, 0) is 17.8 Å². The van der Waals surface area contributed by atoms with Crippen LogP contribution in [0.3, 0.4) is 0 Å². The number of hydrogen-bond acceptors (Lipinski definition) is 4. The number of amides is 1. The Labute approximate surface area is 148 Å². The summed E-state index contributed by atoms with van der Waals surface area (Å²) >= 11 is 0. The summed E-state index contributed by atoms with van der Waals surface area (Å²) in [6.45, 7) is 6.79. The first kappa shape index (κ1) is 17.5. The molecule has 2 aromatic rings. The van der Waals surface area contributed by atoms with Crippen molar-refractivity contribution in [3.63, 3.8) is 0 Å². The second-order valence-electron chi connectivity index (χ2n) is 6.41. The Bertz CT molecular complexity index is 722. The molecule has 0 aromatic heterocycles. The molecule has 1 saturated heterocycles. The lowest BCUT2D eigenvalue weighted by molar-refractivity contribution is 0.0342. The van der Waals surface area contributed by atoms with E-state index in [-0.39, 0.29) is 11.7 Å². The van der Waals surface area contributed by atoms with Crippen molar-refractivity contribution < 1.29 is 14.6 Å². The average molecular weight is 340 g/mol. The van der Waals surface area contributed by atoms with Gasteiger partial charge in [-0.15, -0.1) is 0 Å². The van der Waals surface area contributed by atoms with Crippen LogP contribution < -0.4 is 5.32 Å². The van der Waals surface area contributed by atoms with E-state index in [1.807, 2.05) is 19.1 Å². The molecule has 0 radical (unpaired) electrons. The second kappa shape index (κ2) is 8.14. The molecule has 3 rings (SSSR count). The van der Waals surface area contributed by atoms with Gasteiger partial charge in [0, 0.05) is 26.2 Å². The number of aromatic hydroxyl groups is 1. The van der Waals surface area contributed by atoms with Crippen molar-refractivity contribution in [3.05, 3.63) is 64.7 Å². The summed E-state index contributed by atoms with van der Waals surface area (Å²) in [4.78, 5) is 14.6. The molecule has 0 unspecified atom stereocenters. The number of morpholine rings is 1. The van der Waals surface area contributed by atoms with E-state index in [4.69, 9.17) is 4.74 Å². The predicted molar refractivity (Wildman–Crippen MR) is 96.6 cm³/mol. The van der Waals surface area contributed by atoms with Crippen LogP contribution >= 0.6 is 0 Å². The Balaban J connectivity index is 1.54. The van der Waals surface area contributed by atoms with Crippen LogP contribution in [0.4, 0.5) is 0 Å². The highest BCUT2D eigenvalue weighted by Gasteiger charge is 2.12. The lowest BCUT2D eigenvalue weighted by atomic mass is 10.1. The van der Waals surface area contributed by atoms with Gasteiger partial charge < -0.3 is 15.2 Å². The Morgan fingerprint density at radius 2 is 1.80 bits per heavy atom. The van der Waals surface area contributed by atoms with Gasteiger partial charge in [0.2, 0.25) is 0 Å². The Hall–Kier alpha value is -2.37. The normalized spacial score (nSPS) is 15.1. The molecule has 1 fully saturated rings. The zero-order valence-electron chi connectivity index (χ0n) is 14.5. The minimum atomic E-state index is -0.265. The van der Waals surface area contributed by atoms with E-state index in [9.17, 15) is 9.90 Å². The van der Waals surface area contributed by atoms with Crippen molar-refractivity contribution in [2.75, 3.05) is 26.3 Å². The van der Waals surface area contributed by atoms with Crippen LogP contribution in [0.2, 0.25) is 0 Å². The minimum Gasteiger partial charge on any atom is -0.507 e. The van der Waals surface area contributed by atoms with Crippen LogP contribution in [0.5, 0.6) is 5.75 Å². The van der Waals surface area contributed by atoms with E-state index >= 15 is 0 Å². The van der Waals surface area contributed by atoms with E-state index in [0.717, 1.165) is 44.0 Å². The number of carbonyl (C=O) groups excluding carboxylic acids is 1. The number of rotatable bonds is 5. The fraction of sp³-hybridized carbons (Fsp3) is 0.350. The lowest BCUT2D eigenvalue weighted by Gasteiger charge is -2.26. The van der Waals surface area contributed by atoms with Crippen molar-refractivity contribution in [1.29, 1.82) is 0 Å². The molecule has 0 bridgehead atoms. The molecule has 2 aromatic carbocycles. The third-order valence-electron chi connectivity index (χ3n) is 4.38. The number of phenols is 1. The summed E-state index contributed by atoms with van der Waals surface area (Å²) in [7, 11) is 0. The maximum Gasteiger partial charge on any atom is 0.255 e. The second-order valence-corrected chi connectivity index (χ2v) is 6.41. The molecular weight excluding hydrogens is 316 g/mol. The highest BCUT2D eigenvalue weighted by molar-refractivity contribution is 5.96. The molecule has 1 amide bonds. The quantitative estimate of drug-likeness (QED) is 0.878. The molecule has 25 heavy (non-hydrogen) atoms. The van der Waals surface area contributed by atoms with Gasteiger partial charge in [-0.2, -0.15) is 0 Å². The summed E-state index contributed by atoms with van der Waals surface area (Å²) in [5, 5.41) is 12.7. The predicted octanol–water partition coefficient (Wildman–Crippen LogP) is 2.46. The van der Waals surface area contributed by atoms with Crippen molar-refractivity contribution >= 4 is 5.91 Å². The molecule has 2 N–H and O–H groups in total. The SMILES string of the molecule is Cc1ccc(O)c(C(=O)NCc2ccc(CN3CCOCC3)cc2)c1. The van der Waals surface area contributed by atoms with Gasteiger partial charge in [-0.1, -0.05) is 35.9 Å². The topological polar surface area (TPSA) is 61.8 Å². The van der Waals surface area contributed by atoms with Crippen molar-refractivity contribution in [3.8, 4) is 5.75 Å². The molecule has 0 aliphatic carbocycles. The monoisotopic (exact) mass is 340 g/mol. The first-order valence-electron chi connectivity index (χ1n) is 8.57.